The lowest BCUT2D eigenvalue weighted by molar-refractivity contribution is -0.140. The first-order valence-corrected chi connectivity index (χ1v) is 30.9. The van der Waals surface area contributed by atoms with E-state index in [2.05, 4.69) is 38.4 Å². The molecule has 0 aliphatic carbocycles. The number of aliphatic carboxylic acids is 1. The van der Waals surface area contributed by atoms with Crippen LogP contribution in [0.2, 0.25) is 0 Å². The van der Waals surface area contributed by atoms with Crippen LogP contribution in [0.3, 0.4) is 0 Å². The Hall–Kier alpha value is -8.19. The van der Waals surface area contributed by atoms with Crippen molar-refractivity contribution in [3.8, 4) is 11.8 Å². The van der Waals surface area contributed by atoms with E-state index in [1.807, 2.05) is 34.9 Å². The number of carbonyl (C=O) groups is 10. The van der Waals surface area contributed by atoms with Crippen molar-refractivity contribution in [2.24, 2.45) is 5.92 Å². The summed E-state index contributed by atoms with van der Waals surface area (Å²) in [6.07, 6.45) is 7.23. The van der Waals surface area contributed by atoms with E-state index in [1.165, 1.54) is 24.8 Å². The highest BCUT2D eigenvalue weighted by Crippen LogP contribution is 2.30. The number of aromatic nitrogens is 1. The summed E-state index contributed by atoms with van der Waals surface area (Å²) in [7, 11) is 0. The molecular formula is C63H87FN12O14. The second kappa shape index (κ2) is 37.1. The van der Waals surface area contributed by atoms with Gasteiger partial charge in [-0.05, 0) is 101 Å². The van der Waals surface area contributed by atoms with Gasteiger partial charge in [0.1, 0.15) is 43.4 Å². The van der Waals surface area contributed by atoms with E-state index in [-0.39, 0.29) is 83.0 Å². The summed E-state index contributed by atoms with van der Waals surface area (Å²) in [6, 6.07) is 14.7. The van der Waals surface area contributed by atoms with Crippen molar-refractivity contribution >= 4 is 71.2 Å². The van der Waals surface area contributed by atoms with Gasteiger partial charge < -0.3 is 45.1 Å². The molecule has 3 aliphatic heterocycles. The molecule has 27 heteroatoms. The first kappa shape index (κ1) is 70.9. The SMILES string of the molecule is Cc1ccc(CCCC(=O)NCCCCC[C@H](NC(=O)CN2CCN(COC=O)CCN(COC=O)CCN(CC(=O)O)CC2)C(=O)NC(=O)CC(=O)N2CCC(CCCOc3ccc4nccc(C(=O)NCC(=O)N5CC(C)(F)C[C@@H]5C#N)c4c3)CC2)cc1. The number of alkyl halides is 1. The van der Waals surface area contributed by atoms with Crippen LogP contribution in [0.4, 0.5) is 4.39 Å². The van der Waals surface area contributed by atoms with Gasteiger partial charge in [0.25, 0.3) is 18.9 Å². The Bertz CT molecular complexity index is 2940. The fourth-order valence-electron chi connectivity index (χ4n) is 11.2. The fourth-order valence-corrected chi connectivity index (χ4v) is 11.2. The molecule has 3 fully saturated rings. The Kier molecular flexibility index (Phi) is 29.2. The van der Waals surface area contributed by atoms with Crippen LogP contribution in [-0.4, -0.2) is 236 Å². The van der Waals surface area contributed by atoms with Gasteiger partial charge in [0.05, 0.1) is 49.9 Å². The number of piperidine rings is 1. The number of pyridine rings is 1. The first-order valence-electron chi connectivity index (χ1n) is 30.9. The molecule has 5 N–H and O–H groups in total. The van der Waals surface area contributed by atoms with E-state index in [1.54, 1.807) is 32.9 Å². The van der Waals surface area contributed by atoms with Crippen LogP contribution in [0.25, 0.3) is 10.9 Å². The number of nitrogens with one attached hydrogen (secondary N) is 4. The minimum atomic E-state index is -1.69. The summed E-state index contributed by atoms with van der Waals surface area (Å²) >= 11 is 0. The summed E-state index contributed by atoms with van der Waals surface area (Å²) in [5, 5.41) is 30.3. The zero-order chi connectivity index (χ0) is 64.8. The van der Waals surface area contributed by atoms with Crippen molar-refractivity contribution in [2.75, 3.05) is 118 Å². The number of imide groups is 1. The van der Waals surface area contributed by atoms with Gasteiger partial charge in [-0.1, -0.05) is 42.7 Å². The fraction of sp³-hybridized carbons (Fsp3) is 0.587. The number of amides is 7. The van der Waals surface area contributed by atoms with Gasteiger partial charge >= 0.3 is 5.97 Å². The van der Waals surface area contributed by atoms with Crippen molar-refractivity contribution in [1.82, 2.24) is 55.7 Å². The van der Waals surface area contributed by atoms with Crippen molar-refractivity contribution in [1.29, 1.82) is 5.26 Å². The quantitative estimate of drug-likeness (QED) is 0.0340. The molecule has 2 aromatic carbocycles. The van der Waals surface area contributed by atoms with Gasteiger partial charge in [0.15, 0.2) is 0 Å². The van der Waals surface area contributed by atoms with Crippen molar-refractivity contribution in [3.05, 3.63) is 71.4 Å². The van der Waals surface area contributed by atoms with Gasteiger partial charge in [-0.3, -0.25) is 77.8 Å². The standard InChI is InChI=1S/C63H87FN12O14/c1-46-12-14-47(15-13-46)8-6-11-55(79)67-21-5-3-4-10-54(69-57(81)39-71-25-26-72(40-60(84)85)28-30-74(43-89-45-78)32-31-73(29-27-71)42-88-44-77)62(87)70-56(80)35-58(82)75-23-19-48(20-24-75)9-7-33-90-50-16-17-53-52(34-50)51(18-22-66-53)61(86)68-38-59(83)76-41-63(2,64)36-49(76)37-65/h12-18,22,34,44-45,48-49,54H,3-11,19-21,23-33,35-36,38-43H2,1-2H3,(H,67,79)(H,68,86)(H,69,81)(H,84,85)(H,70,80,87)/t49-,54+,63?/m1/s1. The number of carboxylic acids is 1. The number of ether oxygens (including phenoxy) is 3. The summed E-state index contributed by atoms with van der Waals surface area (Å²) in [6.45, 7) is 6.77. The molecule has 3 aliphatic rings. The average Bonchev–Trinajstić information content (AvgIpc) is 1.79. The number of halogens is 1. The second-order valence-corrected chi connectivity index (χ2v) is 23.5. The number of likely N-dealkylation sites (tertiary alicyclic amines) is 2. The maximum atomic E-state index is 14.6. The Morgan fingerprint density at radius 2 is 1.43 bits per heavy atom. The van der Waals surface area contributed by atoms with Crippen LogP contribution in [0.1, 0.15) is 105 Å². The molecule has 3 saturated heterocycles. The van der Waals surface area contributed by atoms with Crippen LogP contribution < -0.4 is 26.0 Å². The van der Waals surface area contributed by atoms with E-state index in [9.17, 15) is 62.7 Å². The Morgan fingerprint density at radius 3 is 2.08 bits per heavy atom. The third-order valence-corrected chi connectivity index (χ3v) is 16.3. The zero-order valence-corrected chi connectivity index (χ0v) is 51.7. The monoisotopic (exact) mass is 1250 g/mol. The lowest BCUT2D eigenvalue weighted by Crippen LogP contribution is -2.53. The van der Waals surface area contributed by atoms with E-state index in [0.29, 0.717) is 140 Å². The molecule has 26 nitrogen and oxygen atoms in total. The number of nitriles is 1. The third kappa shape index (κ3) is 24.6. The minimum Gasteiger partial charge on any atom is -0.494 e. The average molecular weight is 1260 g/mol. The van der Waals surface area contributed by atoms with Gasteiger partial charge in [-0.25, -0.2) is 4.39 Å². The molecule has 0 bridgehead atoms. The van der Waals surface area contributed by atoms with E-state index in [0.717, 1.165) is 23.3 Å². The number of hydrogen-bond donors (Lipinski definition) is 5. The van der Waals surface area contributed by atoms with Crippen LogP contribution in [0.15, 0.2) is 54.7 Å². The van der Waals surface area contributed by atoms with Crippen LogP contribution >= 0.6 is 0 Å². The molecule has 3 aromatic rings. The highest BCUT2D eigenvalue weighted by Gasteiger charge is 2.43. The molecule has 4 heterocycles. The molecule has 0 spiro atoms. The molecule has 1 aromatic heterocycles. The van der Waals surface area contributed by atoms with Gasteiger partial charge in [-0.15, -0.1) is 0 Å². The summed E-state index contributed by atoms with van der Waals surface area (Å²) in [4.78, 5) is 142. The lowest BCUT2D eigenvalue weighted by Gasteiger charge is -2.33. The maximum absolute atomic E-state index is 14.6. The number of aryl methyl sites for hydroxylation is 2. The third-order valence-electron chi connectivity index (χ3n) is 16.3. The second-order valence-electron chi connectivity index (χ2n) is 23.5. The smallest absolute Gasteiger partial charge is 0.317 e. The molecular weight excluding hydrogens is 1170 g/mol. The van der Waals surface area contributed by atoms with Crippen LogP contribution in [0, 0.1) is 24.2 Å². The number of benzene rings is 2. The minimum absolute atomic E-state index is 0.0294. The number of unbranched alkanes of at least 4 members (excludes halogenated alkanes) is 2. The predicted molar refractivity (Wildman–Crippen MR) is 326 cm³/mol. The Morgan fingerprint density at radius 1 is 0.778 bits per heavy atom. The molecule has 3 atom stereocenters. The van der Waals surface area contributed by atoms with Crippen LogP contribution in [-0.2, 0) is 59.0 Å². The number of hydrogen-bond acceptors (Lipinski definition) is 19. The molecule has 0 saturated carbocycles. The van der Waals surface area contributed by atoms with Gasteiger partial charge in [-0.2, -0.15) is 5.26 Å². The lowest BCUT2D eigenvalue weighted by atomic mass is 9.92. The molecule has 7 amide bonds. The molecule has 6 rings (SSSR count). The molecule has 490 valence electrons. The predicted octanol–water partition coefficient (Wildman–Crippen LogP) is 2.31. The number of carboxylic acid groups (broad SMARTS) is 1. The highest BCUT2D eigenvalue weighted by atomic mass is 19.1. The highest BCUT2D eigenvalue weighted by molar-refractivity contribution is 6.07. The summed E-state index contributed by atoms with van der Waals surface area (Å²) in [5.41, 5.74) is 1.42. The molecule has 0 radical (unpaired) electrons. The van der Waals surface area contributed by atoms with Crippen molar-refractivity contribution in [3.63, 3.8) is 0 Å². The maximum Gasteiger partial charge on any atom is 0.317 e. The largest absolute Gasteiger partial charge is 0.494 e. The zero-order valence-electron chi connectivity index (χ0n) is 51.7. The molecule has 90 heavy (non-hydrogen) atoms. The van der Waals surface area contributed by atoms with E-state index < -0.39 is 72.1 Å². The molecule has 1 unspecified atom stereocenters. The van der Waals surface area contributed by atoms with E-state index >= 15 is 0 Å². The Balaban J connectivity index is 0.977. The normalized spacial score (nSPS) is 18.6. The summed E-state index contributed by atoms with van der Waals surface area (Å²) in [5.74, 6) is -4.06. The topological polar surface area (TPSA) is 323 Å². The first-order chi connectivity index (χ1) is 43.3. The van der Waals surface area contributed by atoms with E-state index in [4.69, 9.17) is 14.2 Å². The van der Waals surface area contributed by atoms with Gasteiger partial charge in [0.2, 0.25) is 35.4 Å². The Labute approximate surface area is 524 Å². The number of nitrogens with zero attached hydrogens (tertiary/aromatic N) is 8. The number of carbonyl (C=O) groups excluding carboxylic acids is 9. The van der Waals surface area contributed by atoms with Gasteiger partial charge in [0, 0.05) is 96.4 Å². The van der Waals surface area contributed by atoms with Crippen molar-refractivity contribution in [2.45, 2.75) is 115 Å². The summed E-state index contributed by atoms with van der Waals surface area (Å²) < 4.78 is 30.7. The number of fused-ring (bicyclic) bond motifs is 1. The van der Waals surface area contributed by atoms with Crippen LogP contribution in [0.5, 0.6) is 5.75 Å². The number of rotatable bonds is 32. The van der Waals surface area contributed by atoms with Crippen molar-refractivity contribution < 1.29 is 71.7 Å².